The number of nitrogens with one attached hydrogen (secondary N) is 1. The topological polar surface area (TPSA) is 96.4 Å². The second-order valence-corrected chi connectivity index (χ2v) is 9.74. The quantitative estimate of drug-likeness (QED) is 0.715. The molecule has 4 rings (SSSR count). The van der Waals surface area contributed by atoms with Crippen molar-refractivity contribution in [2.24, 2.45) is 11.8 Å². The minimum atomic E-state index is -3.77. The van der Waals surface area contributed by atoms with Crippen molar-refractivity contribution < 1.29 is 18.0 Å². The van der Waals surface area contributed by atoms with E-state index < -0.39 is 10.0 Å². The number of aromatic nitrogens is 1. The zero-order valence-corrected chi connectivity index (χ0v) is 17.7. The van der Waals surface area contributed by atoms with Gasteiger partial charge in [0.25, 0.3) is 0 Å². The van der Waals surface area contributed by atoms with Crippen LogP contribution in [-0.2, 0) is 32.7 Å². The number of benzene rings is 1. The van der Waals surface area contributed by atoms with E-state index in [2.05, 4.69) is 9.71 Å². The summed E-state index contributed by atoms with van der Waals surface area (Å²) >= 11 is 0. The Bertz CT molecular complexity index is 1050. The first-order valence-electron chi connectivity index (χ1n) is 10.2. The molecule has 2 aliphatic rings. The second kappa shape index (κ2) is 8.28. The van der Waals surface area contributed by atoms with Crippen LogP contribution in [0.1, 0.15) is 42.5 Å². The number of amides is 2. The lowest BCUT2D eigenvalue weighted by molar-refractivity contribution is -0.140. The average Bonchev–Trinajstić information content (AvgIpc) is 2.99. The summed E-state index contributed by atoms with van der Waals surface area (Å²) in [5, 5.41) is 0. The number of pyridine rings is 1. The monoisotopic (exact) mass is 427 g/mol. The van der Waals surface area contributed by atoms with Crippen LogP contribution in [0.3, 0.4) is 0 Å². The highest BCUT2D eigenvalue weighted by Crippen LogP contribution is 2.38. The number of rotatable bonds is 6. The smallest absolute Gasteiger partial charge is 0.241 e. The van der Waals surface area contributed by atoms with Gasteiger partial charge in [0, 0.05) is 6.20 Å². The number of aryl methyl sites for hydroxylation is 1. The molecular formula is C22H25N3O4S. The molecule has 1 aromatic carbocycles. The van der Waals surface area contributed by atoms with Gasteiger partial charge >= 0.3 is 0 Å². The predicted octanol–water partition coefficient (Wildman–Crippen LogP) is 2.54. The van der Waals surface area contributed by atoms with E-state index in [9.17, 15) is 18.0 Å². The third-order valence-electron chi connectivity index (χ3n) is 5.98. The molecule has 2 amide bonds. The van der Waals surface area contributed by atoms with Crippen LogP contribution < -0.4 is 4.72 Å². The summed E-state index contributed by atoms with van der Waals surface area (Å²) < 4.78 is 28.3. The Morgan fingerprint density at radius 1 is 1.07 bits per heavy atom. The van der Waals surface area contributed by atoms with Gasteiger partial charge in [0.1, 0.15) is 0 Å². The number of sulfonamides is 1. The molecule has 0 spiro atoms. The summed E-state index contributed by atoms with van der Waals surface area (Å²) in [6.07, 6.45) is 5.08. The lowest BCUT2D eigenvalue weighted by Crippen LogP contribution is -2.30. The normalized spacial score (nSPS) is 21.7. The van der Waals surface area contributed by atoms with Gasteiger partial charge in [0.05, 0.1) is 35.5 Å². The molecule has 0 bridgehead atoms. The fraction of sp³-hybridized carbons (Fsp3) is 0.409. The first-order valence-corrected chi connectivity index (χ1v) is 11.7. The van der Waals surface area contributed by atoms with Crippen LogP contribution in [-0.4, -0.2) is 30.1 Å². The Labute approximate surface area is 176 Å². The Kier molecular flexibility index (Phi) is 5.71. The van der Waals surface area contributed by atoms with Crippen molar-refractivity contribution in [2.45, 2.75) is 50.6 Å². The average molecular weight is 428 g/mol. The lowest BCUT2D eigenvalue weighted by atomic mass is 9.81. The van der Waals surface area contributed by atoms with Crippen LogP contribution in [0.2, 0.25) is 0 Å². The number of likely N-dealkylation sites (tertiary alicyclic amines) is 1. The van der Waals surface area contributed by atoms with Crippen molar-refractivity contribution in [3.8, 4) is 0 Å². The SMILES string of the molecule is Cc1ccc(CN2C(=O)[C@H]3CCCC[C@H]3C2=O)cc1S(=O)(=O)NCc1ccccn1. The van der Waals surface area contributed by atoms with Gasteiger partial charge in [-0.2, -0.15) is 0 Å². The van der Waals surface area contributed by atoms with Gasteiger partial charge in [0.15, 0.2) is 0 Å². The van der Waals surface area contributed by atoms with E-state index in [0.717, 1.165) is 25.7 Å². The second-order valence-electron chi connectivity index (χ2n) is 8.01. The van der Waals surface area contributed by atoms with E-state index in [1.807, 2.05) is 0 Å². The summed E-state index contributed by atoms with van der Waals surface area (Å²) in [6.45, 7) is 1.91. The first kappa shape index (κ1) is 20.7. The minimum absolute atomic E-state index is 0.0826. The maximum atomic E-state index is 12.9. The number of carbonyl (C=O) groups excluding carboxylic acids is 2. The summed E-state index contributed by atoms with van der Waals surface area (Å²) in [5.74, 6) is -0.661. The van der Waals surface area contributed by atoms with E-state index in [4.69, 9.17) is 0 Å². The van der Waals surface area contributed by atoms with Gasteiger partial charge in [-0.15, -0.1) is 0 Å². The van der Waals surface area contributed by atoms with Crippen LogP contribution in [0.5, 0.6) is 0 Å². The van der Waals surface area contributed by atoms with Crippen molar-refractivity contribution in [3.63, 3.8) is 0 Å². The Balaban J connectivity index is 1.53. The Hall–Kier alpha value is -2.58. The van der Waals surface area contributed by atoms with Crippen molar-refractivity contribution in [1.82, 2.24) is 14.6 Å². The van der Waals surface area contributed by atoms with Crippen molar-refractivity contribution >= 4 is 21.8 Å². The number of nitrogens with zero attached hydrogens (tertiary/aromatic N) is 2. The molecule has 2 fully saturated rings. The van der Waals surface area contributed by atoms with Crippen LogP contribution >= 0.6 is 0 Å². The number of fused-ring (bicyclic) bond motifs is 1. The standard InChI is InChI=1S/C22H25N3O4S/c1-15-9-10-16(14-25-21(26)18-7-2-3-8-19(18)22(25)27)12-20(15)30(28,29)24-13-17-6-4-5-11-23-17/h4-6,9-12,18-19,24H,2-3,7-8,13-14H2,1H3/t18-,19+. The van der Waals surface area contributed by atoms with E-state index in [1.54, 1.807) is 49.5 Å². The van der Waals surface area contributed by atoms with Crippen LogP contribution in [0.4, 0.5) is 0 Å². The molecule has 1 aliphatic carbocycles. The molecule has 1 N–H and O–H groups in total. The van der Waals surface area contributed by atoms with Gasteiger partial charge in [-0.3, -0.25) is 19.5 Å². The third kappa shape index (κ3) is 4.02. The summed E-state index contributed by atoms with van der Waals surface area (Å²) in [4.78, 5) is 31.0. The molecule has 7 nitrogen and oxygen atoms in total. The molecular weight excluding hydrogens is 402 g/mol. The third-order valence-corrected chi connectivity index (χ3v) is 7.53. The first-order chi connectivity index (χ1) is 14.4. The van der Waals surface area contributed by atoms with E-state index in [-0.39, 0.29) is 41.6 Å². The highest BCUT2D eigenvalue weighted by atomic mass is 32.2. The van der Waals surface area contributed by atoms with Crippen molar-refractivity contribution in [2.75, 3.05) is 0 Å². The number of imide groups is 1. The predicted molar refractivity (Wildman–Crippen MR) is 110 cm³/mol. The molecule has 2 atom stereocenters. The Morgan fingerprint density at radius 3 is 2.40 bits per heavy atom. The molecule has 0 radical (unpaired) electrons. The molecule has 8 heteroatoms. The fourth-order valence-corrected chi connectivity index (χ4v) is 5.64. The minimum Gasteiger partial charge on any atom is -0.278 e. The maximum Gasteiger partial charge on any atom is 0.241 e. The molecule has 1 aromatic heterocycles. The zero-order valence-electron chi connectivity index (χ0n) is 16.9. The zero-order chi connectivity index (χ0) is 21.3. The highest BCUT2D eigenvalue weighted by Gasteiger charge is 2.47. The van der Waals surface area contributed by atoms with Gasteiger partial charge in [-0.1, -0.05) is 31.0 Å². The van der Waals surface area contributed by atoms with Gasteiger partial charge in [-0.25, -0.2) is 13.1 Å². The Morgan fingerprint density at radius 2 is 1.77 bits per heavy atom. The number of carbonyl (C=O) groups is 2. The molecule has 30 heavy (non-hydrogen) atoms. The molecule has 2 heterocycles. The molecule has 0 unspecified atom stereocenters. The largest absolute Gasteiger partial charge is 0.278 e. The van der Waals surface area contributed by atoms with Gasteiger partial charge in [-0.05, 0) is 49.1 Å². The van der Waals surface area contributed by atoms with Crippen molar-refractivity contribution in [1.29, 1.82) is 0 Å². The maximum absolute atomic E-state index is 12.9. The van der Waals surface area contributed by atoms with Crippen LogP contribution in [0, 0.1) is 18.8 Å². The number of hydrogen-bond acceptors (Lipinski definition) is 5. The summed E-state index contributed by atoms with van der Waals surface area (Å²) in [6, 6.07) is 10.3. The summed E-state index contributed by atoms with van der Waals surface area (Å²) in [5.41, 5.74) is 1.84. The fourth-order valence-electron chi connectivity index (χ4n) is 4.35. The van der Waals surface area contributed by atoms with Gasteiger partial charge < -0.3 is 0 Å². The molecule has 1 saturated carbocycles. The summed E-state index contributed by atoms with van der Waals surface area (Å²) in [7, 11) is -3.77. The van der Waals surface area contributed by atoms with Crippen LogP contribution in [0.15, 0.2) is 47.5 Å². The molecule has 158 valence electrons. The molecule has 1 saturated heterocycles. The van der Waals surface area contributed by atoms with E-state index in [0.29, 0.717) is 16.8 Å². The molecule has 1 aliphatic heterocycles. The van der Waals surface area contributed by atoms with E-state index >= 15 is 0 Å². The van der Waals surface area contributed by atoms with Gasteiger partial charge in [0.2, 0.25) is 21.8 Å². The molecule has 2 aromatic rings. The number of hydrogen-bond donors (Lipinski definition) is 1. The van der Waals surface area contributed by atoms with Crippen LogP contribution in [0.25, 0.3) is 0 Å². The lowest BCUT2D eigenvalue weighted by Gasteiger charge is -2.19. The highest BCUT2D eigenvalue weighted by molar-refractivity contribution is 7.89. The van der Waals surface area contributed by atoms with Crippen molar-refractivity contribution in [3.05, 3.63) is 59.4 Å². The van der Waals surface area contributed by atoms with E-state index in [1.165, 1.54) is 4.90 Å².